The first-order chi connectivity index (χ1) is 12.6. The molecule has 4 rings (SSSR count). The molecular formula is C18H21FN5PS. The van der Waals surface area contributed by atoms with E-state index in [9.17, 15) is 4.39 Å². The van der Waals surface area contributed by atoms with Gasteiger partial charge in [-0.15, -0.1) is 9.24 Å². The molecule has 2 heterocycles. The second kappa shape index (κ2) is 7.12. The molecular weight excluding hydrogens is 368 g/mol. The van der Waals surface area contributed by atoms with Crippen molar-refractivity contribution in [1.82, 2.24) is 19.5 Å². The van der Waals surface area contributed by atoms with Gasteiger partial charge in [-0.25, -0.2) is 19.3 Å². The zero-order valence-electron chi connectivity index (χ0n) is 14.6. The Labute approximate surface area is 158 Å². The minimum absolute atomic E-state index is 0.382. The molecule has 2 aromatic heterocycles. The highest BCUT2D eigenvalue weighted by atomic mass is 32.2. The van der Waals surface area contributed by atoms with Crippen molar-refractivity contribution < 1.29 is 4.39 Å². The van der Waals surface area contributed by atoms with E-state index in [2.05, 4.69) is 41.7 Å². The molecule has 0 fully saturated rings. The summed E-state index contributed by atoms with van der Waals surface area (Å²) in [5.74, 6) is 0.382. The maximum absolute atomic E-state index is 14.2. The third-order valence-electron chi connectivity index (χ3n) is 4.79. The lowest BCUT2D eigenvalue weighted by molar-refractivity contribution is 0.343. The molecule has 0 bridgehead atoms. The Bertz CT molecular complexity index is 974. The molecule has 0 saturated carbocycles. The minimum atomic E-state index is -0.859. The number of hydrogen-bond acceptors (Lipinski definition) is 5. The number of nitrogens with zero attached hydrogens (tertiary/aromatic N) is 4. The Hall–Kier alpha value is -1.72. The fourth-order valence-corrected chi connectivity index (χ4v) is 4.85. The second-order valence-electron chi connectivity index (χ2n) is 6.39. The predicted octanol–water partition coefficient (Wildman–Crippen LogP) is 3.95. The third-order valence-corrected chi connectivity index (χ3v) is 6.14. The van der Waals surface area contributed by atoms with Gasteiger partial charge in [0.25, 0.3) is 0 Å². The van der Waals surface area contributed by atoms with E-state index in [0.29, 0.717) is 17.8 Å². The summed E-state index contributed by atoms with van der Waals surface area (Å²) in [6.07, 6.45) is 3.80. The van der Waals surface area contributed by atoms with Crippen LogP contribution in [0.3, 0.4) is 0 Å². The number of nitrogen functional groups attached to an aromatic ring is 1. The van der Waals surface area contributed by atoms with Gasteiger partial charge in [-0.2, -0.15) is 0 Å². The lowest BCUT2D eigenvalue weighted by atomic mass is 10.0. The molecule has 0 saturated heterocycles. The topological polar surface area (TPSA) is 69.6 Å². The Morgan fingerprint density at radius 1 is 1.38 bits per heavy atom. The van der Waals surface area contributed by atoms with E-state index < -0.39 is 6.17 Å². The fourth-order valence-electron chi connectivity index (χ4n) is 3.45. The van der Waals surface area contributed by atoms with Gasteiger partial charge in [-0.3, -0.25) is 0 Å². The van der Waals surface area contributed by atoms with Gasteiger partial charge in [-0.05, 0) is 48.2 Å². The highest BCUT2D eigenvalue weighted by molar-refractivity contribution is 7.99. The van der Waals surface area contributed by atoms with E-state index >= 15 is 0 Å². The molecule has 1 aromatic carbocycles. The van der Waals surface area contributed by atoms with E-state index in [1.54, 1.807) is 11.8 Å². The van der Waals surface area contributed by atoms with Gasteiger partial charge < -0.3 is 10.3 Å². The van der Waals surface area contributed by atoms with Gasteiger partial charge in [0, 0.05) is 11.4 Å². The van der Waals surface area contributed by atoms with Gasteiger partial charge in [0.05, 0.1) is 0 Å². The Kier molecular flexibility index (Phi) is 4.84. The Morgan fingerprint density at radius 2 is 2.23 bits per heavy atom. The van der Waals surface area contributed by atoms with Crippen molar-refractivity contribution in [2.24, 2.45) is 0 Å². The van der Waals surface area contributed by atoms with E-state index in [4.69, 9.17) is 5.73 Å². The average molecular weight is 389 g/mol. The molecule has 2 atom stereocenters. The average Bonchev–Trinajstić information content (AvgIpc) is 3.17. The van der Waals surface area contributed by atoms with Crippen LogP contribution in [0.25, 0.3) is 11.2 Å². The summed E-state index contributed by atoms with van der Waals surface area (Å²) in [4.78, 5) is 14.2. The van der Waals surface area contributed by atoms with Crippen molar-refractivity contribution in [3.8, 4) is 0 Å². The van der Waals surface area contributed by atoms with Gasteiger partial charge >= 0.3 is 0 Å². The molecule has 136 valence electrons. The molecule has 1 aliphatic rings. The van der Waals surface area contributed by atoms with E-state index in [-0.39, 0.29) is 0 Å². The van der Waals surface area contributed by atoms with Crippen LogP contribution in [0.15, 0.2) is 28.5 Å². The number of anilines is 1. The number of benzene rings is 1. The first-order valence-electron chi connectivity index (χ1n) is 8.76. The number of imidazole rings is 1. The van der Waals surface area contributed by atoms with Crippen LogP contribution in [0.1, 0.15) is 36.2 Å². The third kappa shape index (κ3) is 2.97. The quantitative estimate of drug-likeness (QED) is 0.669. The maximum atomic E-state index is 14.2. The summed E-state index contributed by atoms with van der Waals surface area (Å²) >= 11 is 1.56. The molecule has 0 radical (unpaired) electrons. The normalized spacial score (nSPS) is 16.3. The summed E-state index contributed by atoms with van der Waals surface area (Å²) < 4.78 is 16.3. The van der Waals surface area contributed by atoms with Crippen LogP contribution in [-0.2, 0) is 19.4 Å². The zero-order valence-corrected chi connectivity index (χ0v) is 16.5. The van der Waals surface area contributed by atoms with Crippen molar-refractivity contribution in [3.05, 3.63) is 35.2 Å². The number of hydrogen-bond donors (Lipinski definition) is 1. The van der Waals surface area contributed by atoms with Crippen LogP contribution in [0.2, 0.25) is 0 Å². The van der Waals surface area contributed by atoms with Crippen molar-refractivity contribution in [1.29, 1.82) is 0 Å². The fraction of sp³-hybridized carbons (Fsp3) is 0.389. The first kappa shape index (κ1) is 17.7. The first-order valence-corrected chi connectivity index (χ1v) is 10.4. The van der Waals surface area contributed by atoms with Gasteiger partial charge in [0.15, 0.2) is 22.1 Å². The summed E-state index contributed by atoms with van der Waals surface area (Å²) in [6.45, 7) is 2.89. The second-order valence-corrected chi connectivity index (χ2v) is 7.97. The molecule has 0 aliphatic heterocycles. The number of aromatic nitrogens is 4. The van der Waals surface area contributed by atoms with Gasteiger partial charge in [0.1, 0.15) is 12.5 Å². The molecule has 1 aliphatic carbocycles. The lowest BCUT2D eigenvalue weighted by Crippen LogP contribution is -2.03. The Balaban J connectivity index is 1.81. The van der Waals surface area contributed by atoms with Crippen molar-refractivity contribution in [3.63, 3.8) is 0 Å². The van der Waals surface area contributed by atoms with E-state index in [0.717, 1.165) is 52.4 Å². The summed E-state index contributed by atoms with van der Waals surface area (Å²) in [6, 6.07) is 4.17. The SMILES string of the molecule is CCc1cc2c(cc1Sc1nc3c(N)ncnc3n1CCP)C(F)CC2. The van der Waals surface area contributed by atoms with E-state index in [1.807, 2.05) is 6.07 Å². The smallest absolute Gasteiger partial charge is 0.175 e. The van der Waals surface area contributed by atoms with Gasteiger partial charge in [0.2, 0.25) is 0 Å². The van der Waals surface area contributed by atoms with Crippen molar-refractivity contribution in [2.45, 2.75) is 49.0 Å². The largest absolute Gasteiger partial charge is 0.382 e. The maximum Gasteiger partial charge on any atom is 0.175 e. The van der Waals surface area contributed by atoms with Gasteiger partial charge in [-0.1, -0.05) is 24.8 Å². The molecule has 26 heavy (non-hydrogen) atoms. The molecule has 0 amide bonds. The van der Waals surface area contributed by atoms with Crippen LogP contribution < -0.4 is 5.73 Å². The predicted molar refractivity (Wildman–Crippen MR) is 106 cm³/mol. The summed E-state index contributed by atoms with van der Waals surface area (Å²) in [7, 11) is 2.73. The molecule has 3 aromatic rings. The molecule has 8 heteroatoms. The van der Waals surface area contributed by atoms with E-state index in [1.165, 1.54) is 11.9 Å². The summed E-state index contributed by atoms with van der Waals surface area (Å²) in [5.41, 5.74) is 10.6. The van der Waals surface area contributed by atoms with Crippen LogP contribution in [-0.4, -0.2) is 25.7 Å². The van der Waals surface area contributed by atoms with Crippen LogP contribution >= 0.6 is 21.0 Å². The minimum Gasteiger partial charge on any atom is -0.382 e. The molecule has 2 unspecified atom stereocenters. The monoisotopic (exact) mass is 389 g/mol. The summed E-state index contributed by atoms with van der Waals surface area (Å²) in [5, 5.41) is 0.817. The zero-order chi connectivity index (χ0) is 18.3. The van der Waals surface area contributed by atoms with Crippen LogP contribution in [0, 0.1) is 0 Å². The number of nitrogens with two attached hydrogens (primary N) is 1. The van der Waals surface area contributed by atoms with Crippen LogP contribution in [0.5, 0.6) is 0 Å². The van der Waals surface area contributed by atoms with Crippen molar-refractivity contribution >= 4 is 38.0 Å². The number of aryl methyl sites for hydroxylation is 3. The highest BCUT2D eigenvalue weighted by Crippen LogP contribution is 2.40. The highest BCUT2D eigenvalue weighted by Gasteiger charge is 2.24. The number of halogens is 1. The van der Waals surface area contributed by atoms with Crippen LogP contribution in [0.4, 0.5) is 10.2 Å². The Morgan fingerprint density at radius 3 is 3.00 bits per heavy atom. The standard InChI is InChI=1S/C18H21FN5PS/c1-2-10-7-11-3-4-13(19)12(11)8-14(10)26-18-23-15-16(20)21-9-22-17(15)24(18)5-6-25/h7-9,13H,2-6,25H2,1H3,(H2,20,21,22). The lowest BCUT2D eigenvalue weighted by Gasteiger charge is -2.12. The number of fused-ring (bicyclic) bond motifs is 2. The molecule has 5 nitrogen and oxygen atoms in total. The number of alkyl halides is 1. The number of rotatable bonds is 5. The molecule has 2 N–H and O–H groups in total. The van der Waals surface area contributed by atoms with Crippen molar-refractivity contribution in [2.75, 3.05) is 11.9 Å². The molecule has 0 spiro atoms.